The van der Waals surface area contributed by atoms with Gasteiger partial charge in [0.2, 0.25) is 0 Å². The van der Waals surface area contributed by atoms with Crippen molar-refractivity contribution in [3.8, 4) is 11.1 Å². The predicted octanol–water partition coefficient (Wildman–Crippen LogP) is 3.13. The maximum atomic E-state index is 13.7. The first-order chi connectivity index (χ1) is 13.0. The van der Waals surface area contributed by atoms with Crippen molar-refractivity contribution in [3.63, 3.8) is 0 Å². The van der Waals surface area contributed by atoms with E-state index in [1.807, 2.05) is 6.07 Å². The zero-order valence-electron chi connectivity index (χ0n) is 13.7. The van der Waals surface area contributed by atoms with Crippen molar-refractivity contribution < 1.29 is 13.6 Å². The van der Waals surface area contributed by atoms with Gasteiger partial charge in [-0.1, -0.05) is 6.07 Å². The Bertz CT molecular complexity index is 1170. The molecule has 0 aliphatic rings. The van der Waals surface area contributed by atoms with E-state index >= 15 is 0 Å². The van der Waals surface area contributed by atoms with E-state index in [-0.39, 0.29) is 11.5 Å². The number of carbonyl (C=O) groups is 1. The Morgan fingerprint density at radius 2 is 1.93 bits per heavy atom. The highest BCUT2D eigenvalue weighted by Gasteiger charge is 2.17. The molecule has 0 saturated carbocycles. The second-order valence-corrected chi connectivity index (χ2v) is 5.78. The number of nitrogens with two attached hydrogens (primary N) is 1. The van der Waals surface area contributed by atoms with E-state index in [1.54, 1.807) is 24.4 Å². The molecule has 27 heavy (non-hydrogen) atoms. The maximum absolute atomic E-state index is 13.7. The third-order valence-electron chi connectivity index (χ3n) is 3.91. The number of pyridine rings is 2. The van der Waals surface area contributed by atoms with E-state index in [9.17, 15) is 13.6 Å². The molecule has 0 bridgehead atoms. The van der Waals surface area contributed by atoms with Gasteiger partial charge in [0.05, 0.1) is 17.4 Å². The summed E-state index contributed by atoms with van der Waals surface area (Å²) in [7, 11) is 0. The summed E-state index contributed by atoms with van der Waals surface area (Å²) in [6.07, 6.45) is 3.99. The van der Waals surface area contributed by atoms with Gasteiger partial charge >= 0.3 is 0 Å². The van der Waals surface area contributed by atoms with Crippen LogP contribution in [-0.2, 0) is 0 Å². The van der Waals surface area contributed by atoms with Crippen LogP contribution < -0.4 is 11.1 Å². The van der Waals surface area contributed by atoms with Crippen LogP contribution >= 0.6 is 0 Å². The van der Waals surface area contributed by atoms with Crippen molar-refractivity contribution in [1.82, 2.24) is 20.2 Å². The highest BCUT2D eigenvalue weighted by atomic mass is 19.1. The molecule has 3 heterocycles. The number of fused-ring (bicyclic) bond motifs is 1. The molecule has 7 nitrogen and oxygen atoms in total. The van der Waals surface area contributed by atoms with Gasteiger partial charge in [0.15, 0.2) is 17.3 Å². The number of hydrogen-bond acceptors (Lipinski definition) is 5. The number of nitrogens with one attached hydrogen (secondary N) is 2. The van der Waals surface area contributed by atoms with Crippen molar-refractivity contribution in [2.24, 2.45) is 0 Å². The molecule has 9 heteroatoms. The Labute approximate surface area is 151 Å². The molecule has 0 spiro atoms. The van der Waals surface area contributed by atoms with E-state index in [0.29, 0.717) is 22.7 Å². The van der Waals surface area contributed by atoms with Gasteiger partial charge in [-0.3, -0.25) is 14.9 Å². The average molecular weight is 366 g/mol. The molecular formula is C18H12F2N6O. The fourth-order valence-corrected chi connectivity index (χ4v) is 2.66. The molecule has 0 aliphatic heterocycles. The lowest BCUT2D eigenvalue weighted by atomic mass is 10.0. The van der Waals surface area contributed by atoms with Gasteiger partial charge in [-0.2, -0.15) is 5.10 Å². The zero-order chi connectivity index (χ0) is 19.0. The largest absolute Gasteiger partial charge is 0.397 e. The van der Waals surface area contributed by atoms with Crippen LogP contribution in [0.3, 0.4) is 0 Å². The van der Waals surface area contributed by atoms with Crippen LogP contribution in [0.1, 0.15) is 10.5 Å². The van der Waals surface area contributed by atoms with E-state index in [0.717, 1.165) is 17.3 Å². The Morgan fingerprint density at radius 1 is 1.07 bits per heavy atom. The van der Waals surface area contributed by atoms with Crippen molar-refractivity contribution in [2.75, 3.05) is 11.1 Å². The second kappa shape index (κ2) is 6.45. The molecule has 3 aromatic heterocycles. The molecule has 0 aliphatic carbocycles. The number of nitrogens with zero attached hydrogens (tertiary/aromatic N) is 3. The Hall–Kier alpha value is -3.88. The normalized spacial score (nSPS) is 10.9. The molecule has 1 amide bonds. The van der Waals surface area contributed by atoms with E-state index in [4.69, 9.17) is 5.73 Å². The number of rotatable bonds is 3. The summed E-state index contributed by atoms with van der Waals surface area (Å²) in [4.78, 5) is 20.1. The molecule has 1 aromatic carbocycles. The van der Waals surface area contributed by atoms with Crippen molar-refractivity contribution in [3.05, 3.63) is 66.3 Å². The first-order valence-electron chi connectivity index (χ1n) is 7.82. The molecule has 0 unspecified atom stereocenters. The highest BCUT2D eigenvalue weighted by Crippen LogP contribution is 2.26. The number of amides is 1. The van der Waals surface area contributed by atoms with Crippen molar-refractivity contribution in [2.45, 2.75) is 0 Å². The number of H-pyrrole nitrogens is 1. The maximum Gasteiger partial charge on any atom is 0.278 e. The second-order valence-electron chi connectivity index (χ2n) is 5.78. The number of aromatic nitrogens is 4. The number of carbonyl (C=O) groups excluding carboxylic acids is 1. The van der Waals surface area contributed by atoms with Crippen LogP contribution in [0.25, 0.3) is 22.0 Å². The van der Waals surface area contributed by atoms with Crippen LogP contribution in [0.4, 0.5) is 20.3 Å². The summed E-state index contributed by atoms with van der Waals surface area (Å²) >= 11 is 0. The molecule has 4 rings (SSSR count). The van der Waals surface area contributed by atoms with Crippen LogP contribution in [0.15, 0.2) is 48.9 Å². The number of hydrogen-bond donors (Lipinski definition) is 3. The Morgan fingerprint density at radius 3 is 2.70 bits per heavy atom. The average Bonchev–Trinajstić information content (AvgIpc) is 3.07. The highest BCUT2D eigenvalue weighted by molar-refractivity contribution is 6.11. The molecule has 4 aromatic rings. The monoisotopic (exact) mass is 366 g/mol. The fourth-order valence-electron chi connectivity index (χ4n) is 2.66. The van der Waals surface area contributed by atoms with E-state index < -0.39 is 17.5 Å². The summed E-state index contributed by atoms with van der Waals surface area (Å²) in [5.74, 6) is -2.87. The molecule has 0 fully saturated rings. The van der Waals surface area contributed by atoms with E-state index in [1.165, 1.54) is 6.20 Å². The van der Waals surface area contributed by atoms with Crippen LogP contribution in [0.2, 0.25) is 0 Å². The smallest absolute Gasteiger partial charge is 0.278 e. The molecule has 0 atom stereocenters. The minimum atomic E-state index is -0.977. The minimum Gasteiger partial charge on any atom is -0.397 e. The number of benzene rings is 1. The lowest BCUT2D eigenvalue weighted by Crippen LogP contribution is -2.15. The van der Waals surface area contributed by atoms with Crippen LogP contribution in [-0.4, -0.2) is 26.1 Å². The Kier molecular flexibility index (Phi) is 3.96. The summed E-state index contributed by atoms with van der Waals surface area (Å²) in [5.41, 5.74) is 8.50. The van der Waals surface area contributed by atoms with Gasteiger partial charge in [-0.25, -0.2) is 13.8 Å². The number of nitrogen functional groups attached to an aromatic ring is 1. The molecular weight excluding hydrogens is 354 g/mol. The van der Waals surface area contributed by atoms with Crippen LogP contribution in [0.5, 0.6) is 0 Å². The molecule has 0 saturated heterocycles. The van der Waals surface area contributed by atoms with Gasteiger partial charge in [-0.05, 0) is 23.8 Å². The lowest BCUT2D eigenvalue weighted by molar-refractivity contribution is 0.102. The third kappa shape index (κ3) is 3.17. The molecule has 4 N–H and O–H groups in total. The van der Waals surface area contributed by atoms with E-state index in [2.05, 4.69) is 25.5 Å². The minimum absolute atomic E-state index is 0.0502. The first kappa shape index (κ1) is 16.6. The molecule has 134 valence electrons. The van der Waals surface area contributed by atoms with Crippen molar-refractivity contribution >= 4 is 28.3 Å². The lowest BCUT2D eigenvalue weighted by Gasteiger charge is -2.05. The van der Waals surface area contributed by atoms with Gasteiger partial charge in [-0.15, -0.1) is 0 Å². The van der Waals surface area contributed by atoms with Crippen LogP contribution in [0, 0.1) is 11.6 Å². The van der Waals surface area contributed by atoms with Gasteiger partial charge in [0, 0.05) is 29.4 Å². The standard InChI is InChI=1S/C18H12F2N6O/c19-11-5-14(20)17(23-7-11)24-18(27)16-13-4-9(1-2-15(13)25-26-16)10-3-12(21)8-22-6-10/h1-8H,21H2,(H,25,26)(H,23,24,27). The number of halogens is 2. The fraction of sp³-hybridized carbons (Fsp3) is 0. The number of aromatic amines is 1. The topological polar surface area (TPSA) is 110 Å². The third-order valence-corrected chi connectivity index (χ3v) is 3.91. The van der Waals surface area contributed by atoms with Crippen molar-refractivity contribution in [1.29, 1.82) is 0 Å². The predicted molar refractivity (Wildman–Crippen MR) is 95.8 cm³/mol. The summed E-state index contributed by atoms with van der Waals surface area (Å²) < 4.78 is 26.7. The summed E-state index contributed by atoms with van der Waals surface area (Å²) in [5, 5.41) is 9.55. The summed E-state index contributed by atoms with van der Waals surface area (Å²) in [6, 6.07) is 7.73. The molecule has 0 radical (unpaired) electrons. The number of anilines is 2. The summed E-state index contributed by atoms with van der Waals surface area (Å²) in [6.45, 7) is 0. The van der Waals surface area contributed by atoms with Gasteiger partial charge in [0.1, 0.15) is 5.82 Å². The van der Waals surface area contributed by atoms with Gasteiger partial charge in [0.25, 0.3) is 5.91 Å². The van der Waals surface area contributed by atoms with Gasteiger partial charge < -0.3 is 11.1 Å². The quantitative estimate of drug-likeness (QED) is 0.516. The SMILES string of the molecule is Nc1cncc(-c2ccc3[nH]nc(C(=O)Nc4ncc(F)cc4F)c3c2)c1. The first-order valence-corrected chi connectivity index (χ1v) is 7.82. The Balaban J connectivity index is 1.71. The zero-order valence-corrected chi connectivity index (χ0v) is 13.7.